The molecule has 1 saturated carbocycles. The van der Waals surface area contributed by atoms with E-state index in [1.807, 2.05) is 29.7 Å². The molecule has 3 rings (SSSR count). The fourth-order valence-electron chi connectivity index (χ4n) is 2.88. The highest BCUT2D eigenvalue weighted by Gasteiger charge is 2.21. The number of imidazole rings is 1. The molecular weight excluding hydrogens is 228 g/mol. The van der Waals surface area contributed by atoms with Gasteiger partial charge in [-0.3, -0.25) is 4.57 Å². The van der Waals surface area contributed by atoms with Crippen LogP contribution in [-0.4, -0.2) is 16.2 Å². The quantitative estimate of drug-likeness (QED) is 0.905. The average molecular weight is 246 g/mol. The highest BCUT2D eigenvalue weighted by Crippen LogP contribution is 2.31. The van der Waals surface area contributed by atoms with Crippen molar-refractivity contribution in [2.24, 2.45) is 0 Å². The molecule has 0 spiro atoms. The Morgan fingerprint density at radius 2 is 2.17 bits per heavy atom. The van der Waals surface area contributed by atoms with Crippen LogP contribution in [0, 0.1) is 0 Å². The number of nitrogens with zero attached hydrogens (tertiary/aromatic N) is 1. The zero-order chi connectivity index (χ0) is 12.5. The molecule has 0 bridgehead atoms. The van der Waals surface area contributed by atoms with Crippen molar-refractivity contribution in [2.75, 3.05) is 6.61 Å². The smallest absolute Gasteiger partial charge is 0.326 e. The Balaban J connectivity index is 2.13. The van der Waals surface area contributed by atoms with Crippen LogP contribution in [0.2, 0.25) is 0 Å². The minimum atomic E-state index is 0.00514. The molecule has 0 aliphatic heterocycles. The van der Waals surface area contributed by atoms with E-state index in [4.69, 9.17) is 4.74 Å². The minimum Gasteiger partial charge on any atom is -0.494 e. The minimum absolute atomic E-state index is 0.00514. The third-order valence-electron chi connectivity index (χ3n) is 3.69. The van der Waals surface area contributed by atoms with Gasteiger partial charge in [-0.25, -0.2) is 4.79 Å². The first kappa shape index (κ1) is 11.4. The summed E-state index contributed by atoms with van der Waals surface area (Å²) in [5, 5.41) is 0. The summed E-state index contributed by atoms with van der Waals surface area (Å²) in [5.41, 5.74) is 1.87. The Bertz CT molecular complexity index is 606. The Morgan fingerprint density at radius 1 is 1.39 bits per heavy atom. The van der Waals surface area contributed by atoms with Gasteiger partial charge < -0.3 is 9.72 Å². The molecule has 4 nitrogen and oxygen atoms in total. The molecule has 1 aromatic carbocycles. The molecule has 18 heavy (non-hydrogen) atoms. The molecule has 2 aromatic rings. The van der Waals surface area contributed by atoms with Crippen LogP contribution >= 0.6 is 0 Å². The number of H-pyrrole nitrogens is 1. The van der Waals surface area contributed by atoms with Crippen molar-refractivity contribution in [2.45, 2.75) is 38.6 Å². The lowest BCUT2D eigenvalue weighted by atomic mass is 10.2. The largest absolute Gasteiger partial charge is 0.494 e. The van der Waals surface area contributed by atoms with Crippen molar-refractivity contribution in [3.05, 3.63) is 28.7 Å². The molecule has 0 amide bonds. The highest BCUT2D eigenvalue weighted by atomic mass is 16.5. The van der Waals surface area contributed by atoms with Gasteiger partial charge in [0.1, 0.15) is 5.75 Å². The number of hydrogen-bond donors (Lipinski definition) is 1. The number of aromatic nitrogens is 2. The van der Waals surface area contributed by atoms with Crippen molar-refractivity contribution in [3.63, 3.8) is 0 Å². The summed E-state index contributed by atoms with van der Waals surface area (Å²) in [6, 6.07) is 6.14. The molecule has 1 heterocycles. The second-order valence-electron chi connectivity index (χ2n) is 4.85. The fourth-order valence-corrected chi connectivity index (χ4v) is 2.88. The van der Waals surface area contributed by atoms with Gasteiger partial charge in [-0.15, -0.1) is 0 Å². The van der Waals surface area contributed by atoms with Gasteiger partial charge in [0.25, 0.3) is 0 Å². The predicted molar refractivity (Wildman–Crippen MR) is 71.2 cm³/mol. The lowest BCUT2D eigenvalue weighted by Gasteiger charge is -2.11. The van der Waals surface area contributed by atoms with E-state index in [9.17, 15) is 4.79 Å². The Morgan fingerprint density at radius 3 is 2.89 bits per heavy atom. The van der Waals surface area contributed by atoms with Gasteiger partial charge >= 0.3 is 5.69 Å². The number of nitrogens with one attached hydrogen (secondary N) is 1. The van der Waals surface area contributed by atoms with Gasteiger partial charge in [-0.05, 0) is 31.9 Å². The van der Waals surface area contributed by atoms with Crippen molar-refractivity contribution < 1.29 is 4.74 Å². The van der Waals surface area contributed by atoms with Crippen molar-refractivity contribution in [1.29, 1.82) is 0 Å². The van der Waals surface area contributed by atoms with E-state index in [0.29, 0.717) is 12.6 Å². The molecule has 1 aliphatic carbocycles. The SMILES string of the molecule is CCOc1ccc2[nH]c(=O)n(C3CCCC3)c2c1. The van der Waals surface area contributed by atoms with Gasteiger partial charge in [0.15, 0.2) is 0 Å². The number of hydrogen-bond acceptors (Lipinski definition) is 2. The molecule has 96 valence electrons. The van der Waals surface area contributed by atoms with E-state index >= 15 is 0 Å². The molecule has 1 aliphatic rings. The lowest BCUT2D eigenvalue weighted by molar-refractivity contribution is 0.340. The number of rotatable bonds is 3. The maximum Gasteiger partial charge on any atom is 0.326 e. The van der Waals surface area contributed by atoms with Crippen LogP contribution in [0.4, 0.5) is 0 Å². The standard InChI is InChI=1S/C14H18N2O2/c1-2-18-11-7-8-12-13(9-11)16(14(17)15-12)10-5-3-4-6-10/h7-10H,2-6H2,1H3,(H,15,17). The topological polar surface area (TPSA) is 47.0 Å². The number of aromatic amines is 1. The predicted octanol–water partition coefficient (Wildman–Crippen LogP) is 2.84. The summed E-state index contributed by atoms with van der Waals surface area (Å²) in [4.78, 5) is 15.0. The van der Waals surface area contributed by atoms with Gasteiger partial charge in [-0.2, -0.15) is 0 Å². The van der Waals surface area contributed by atoms with E-state index in [1.165, 1.54) is 12.8 Å². The molecule has 1 N–H and O–H groups in total. The Kier molecular flexibility index (Phi) is 2.86. The molecule has 0 radical (unpaired) electrons. The van der Waals surface area contributed by atoms with Crippen molar-refractivity contribution in [3.8, 4) is 5.75 Å². The molecular formula is C14H18N2O2. The lowest BCUT2D eigenvalue weighted by Crippen LogP contribution is -2.20. The summed E-state index contributed by atoms with van der Waals surface area (Å²) in [5.74, 6) is 0.829. The Hall–Kier alpha value is -1.71. The maximum atomic E-state index is 12.1. The van der Waals surface area contributed by atoms with Gasteiger partial charge in [0.2, 0.25) is 0 Å². The van der Waals surface area contributed by atoms with Gasteiger partial charge in [-0.1, -0.05) is 12.8 Å². The van der Waals surface area contributed by atoms with Crippen LogP contribution in [0.5, 0.6) is 5.75 Å². The zero-order valence-electron chi connectivity index (χ0n) is 10.6. The third kappa shape index (κ3) is 1.82. The number of ether oxygens (including phenoxy) is 1. The summed E-state index contributed by atoms with van der Waals surface area (Å²) >= 11 is 0. The van der Waals surface area contributed by atoms with Crippen molar-refractivity contribution in [1.82, 2.24) is 9.55 Å². The monoisotopic (exact) mass is 246 g/mol. The second kappa shape index (κ2) is 4.52. The van der Waals surface area contributed by atoms with Crippen LogP contribution < -0.4 is 10.4 Å². The average Bonchev–Trinajstić information content (AvgIpc) is 2.95. The van der Waals surface area contributed by atoms with E-state index < -0.39 is 0 Å². The first-order valence-corrected chi connectivity index (χ1v) is 6.66. The molecule has 1 fully saturated rings. The molecule has 0 unspecified atom stereocenters. The van der Waals surface area contributed by atoms with Gasteiger partial charge in [0, 0.05) is 12.1 Å². The molecule has 0 atom stereocenters. The normalized spacial score (nSPS) is 16.5. The maximum absolute atomic E-state index is 12.1. The number of fused-ring (bicyclic) bond motifs is 1. The second-order valence-corrected chi connectivity index (χ2v) is 4.85. The zero-order valence-corrected chi connectivity index (χ0v) is 10.6. The van der Waals surface area contributed by atoms with Crippen LogP contribution in [0.3, 0.4) is 0 Å². The fraction of sp³-hybridized carbons (Fsp3) is 0.500. The van der Waals surface area contributed by atoms with Crippen LogP contribution in [-0.2, 0) is 0 Å². The summed E-state index contributed by atoms with van der Waals surface area (Å²) in [6.45, 7) is 2.61. The summed E-state index contributed by atoms with van der Waals surface area (Å²) in [6.07, 6.45) is 4.64. The van der Waals surface area contributed by atoms with E-state index in [2.05, 4.69) is 4.98 Å². The first-order chi connectivity index (χ1) is 8.79. The van der Waals surface area contributed by atoms with Gasteiger partial charge in [0.05, 0.1) is 17.6 Å². The van der Waals surface area contributed by atoms with Crippen molar-refractivity contribution >= 4 is 11.0 Å². The highest BCUT2D eigenvalue weighted by molar-refractivity contribution is 5.77. The van der Waals surface area contributed by atoms with E-state index in [0.717, 1.165) is 29.6 Å². The summed E-state index contributed by atoms with van der Waals surface area (Å²) < 4.78 is 7.42. The molecule has 4 heteroatoms. The summed E-state index contributed by atoms with van der Waals surface area (Å²) in [7, 11) is 0. The van der Waals surface area contributed by atoms with Crippen LogP contribution in [0.1, 0.15) is 38.6 Å². The van der Waals surface area contributed by atoms with Crippen LogP contribution in [0.15, 0.2) is 23.0 Å². The van der Waals surface area contributed by atoms with E-state index in [1.54, 1.807) is 0 Å². The van der Waals surface area contributed by atoms with Crippen LogP contribution in [0.25, 0.3) is 11.0 Å². The molecule has 0 saturated heterocycles. The molecule has 1 aromatic heterocycles. The number of benzene rings is 1. The van der Waals surface area contributed by atoms with E-state index in [-0.39, 0.29) is 5.69 Å². The Labute approximate surface area is 106 Å². The first-order valence-electron chi connectivity index (χ1n) is 6.66. The third-order valence-corrected chi connectivity index (χ3v) is 3.69.